The molecule has 0 amide bonds. The minimum absolute atomic E-state index is 0.358. The van der Waals surface area contributed by atoms with E-state index in [0.29, 0.717) is 11.6 Å². The van der Waals surface area contributed by atoms with Gasteiger partial charge in [0.25, 0.3) is 0 Å². The van der Waals surface area contributed by atoms with Gasteiger partial charge in [0.05, 0.1) is 11.0 Å². The van der Waals surface area contributed by atoms with Crippen LogP contribution in [0, 0.1) is 0 Å². The maximum atomic E-state index is 12.7. The number of rotatable bonds is 2. The van der Waals surface area contributed by atoms with Gasteiger partial charge in [-0.25, -0.2) is 0 Å². The van der Waals surface area contributed by atoms with Crippen LogP contribution in [0.15, 0.2) is 76.3 Å². The Kier molecular flexibility index (Phi) is 3.80. The number of benzene rings is 3. The third kappa shape index (κ3) is 2.52. The monoisotopic (exact) mass is 395 g/mol. The molecule has 1 aliphatic carbocycles. The molecule has 3 aromatic carbocycles. The van der Waals surface area contributed by atoms with E-state index in [0.717, 1.165) is 37.1 Å². The summed E-state index contributed by atoms with van der Waals surface area (Å²) in [4.78, 5) is 30.0. The molecule has 1 atom stereocenters. The molecule has 1 aromatic heterocycles. The van der Waals surface area contributed by atoms with Crippen LogP contribution in [0.1, 0.15) is 23.6 Å². The van der Waals surface area contributed by atoms with Crippen molar-refractivity contribution in [1.29, 1.82) is 0 Å². The minimum Gasteiger partial charge on any atom is -0.316 e. The van der Waals surface area contributed by atoms with E-state index < -0.39 is 11.1 Å². The first kappa shape index (κ1) is 17.4. The smallest absolute Gasteiger partial charge is 0.316 e. The average Bonchev–Trinajstić information content (AvgIpc) is 3.16. The van der Waals surface area contributed by atoms with Gasteiger partial charge < -0.3 is 4.98 Å². The molecule has 0 saturated heterocycles. The molecule has 0 radical (unpaired) electrons. The van der Waals surface area contributed by atoms with Crippen LogP contribution in [-0.4, -0.2) is 27.5 Å². The van der Waals surface area contributed by atoms with E-state index in [-0.39, 0.29) is 0 Å². The molecule has 1 aliphatic heterocycles. The van der Waals surface area contributed by atoms with E-state index in [2.05, 4.69) is 52.4 Å². The molecule has 148 valence electrons. The van der Waals surface area contributed by atoms with Crippen molar-refractivity contribution in [3.63, 3.8) is 0 Å². The zero-order valence-electron chi connectivity index (χ0n) is 16.5. The first-order chi connectivity index (χ1) is 14.7. The average molecular weight is 395 g/mol. The van der Waals surface area contributed by atoms with E-state index in [1.807, 2.05) is 24.3 Å². The summed E-state index contributed by atoms with van der Waals surface area (Å²) in [5.41, 5.74) is 4.08. The van der Waals surface area contributed by atoms with Crippen molar-refractivity contribution in [2.75, 3.05) is 13.1 Å². The van der Waals surface area contributed by atoms with Crippen LogP contribution >= 0.6 is 0 Å². The Morgan fingerprint density at radius 1 is 0.933 bits per heavy atom. The number of nitrogens with zero attached hydrogens (tertiary/aromatic N) is 2. The lowest BCUT2D eigenvalue weighted by Crippen LogP contribution is -2.39. The fourth-order valence-electron chi connectivity index (χ4n) is 5.15. The van der Waals surface area contributed by atoms with Gasteiger partial charge in [-0.1, -0.05) is 54.6 Å². The maximum Gasteiger partial charge on any atom is 0.321 e. The largest absolute Gasteiger partial charge is 0.321 e. The highest BCUT2D eigenvalue weighted by Crippen LogP contribution is 2.41. The Hall–Kier alpha value is -3.44. The summed E-state index contributed by atoms with van der Waals surface area (Å²) in [5, 5.41) is 2.71. The van der Waals surface area contributed by atoms with Gasteiger partial charge in [-0.3, -0.25) is 19.1 Å². The summed E-state index contributed by atoms with van der Waals surface area (Å²) < 4.78 is 1.59. The van der Waals surface area contributed by atoms with Gasteiger partial charge in [0.2, 0.25) is 0 Å². The SMILES string of the molecule is O=c1[nH]c2ccccc2n(C2=CCN(C3Cc4cccc5cccc3c45)CC2)c1=O. The molecule has 5 heteroatoms. The third-order valence-corrected chi connectivity index (χ3v) is 6.53. The highest BCUT2D eigenvalue weighted by atomic mass is 16.2. The van der Waals surface area contributed by atoms with E-state index in [9.17, 15) is 9.59 Å². The molecular formula is C25H21N3O2. The van der Waals surface area contributed by atoms with Crippen molar-refractivity contribution < 1.29 is 0 Å². The summed E-state index contributed by atoms with van der Waals surface area (Å²) >= 11 is 0. The van der Waals surface area contributed by atoms with Gasteiger partial charge >= 0.3 is 11.1 Å². The molecule has 0 saturated carbocycles. The first-order valence-electron chi connectivity index (χ1n) is 10.4. The molecule has 2 heterocycles. The standard InChI is InChI=1S/C25H21N3O2/c29-24-25(30)28(21-10-2-1-9-20(21)26-24)18-11-13-27(14-12-18)22-15-17-7-3-5-16-6-4-8-19(22)23(16)17/h1-11,22H,12-15H2,(H,26,29). The van der Waals surface area contributed by atoms with E-state index in [1.54, 1.807) is 4.57 Å². The lowest BCUT2D eigenvalue weighted by molar-refractivity contribution is 0.221. The molecule has 1 N–H and O–H groups in total. The van der Waals surface area contributed by atoms with Gasteiger partial charge in [-0.15, -0.1) is 0 Å². The Labute approximate surface area is 172 Å². The molecule has 30 heavy (non-hydrogen) atoms. The van der Waals surface area contributed by atoms with Gasteiger partial charge in [-0.2, -0.15) is 0 Å². The number of hydrogen-bond acceptors (Lipinski definition) is 3. The summed E-state index contributed by atoms with van der Waals surface area (Å²) in [6.07, 6.45) is 3.86. The van der Waals surface area contributed by atoms with Gasteiger partial charge in [0, 0.05) is 31.2 Å². The number of fused-ring (bicyclic) bond motifs is 1. The molecular weight excluding hydrogens is 374 g/mol. The fourth-order valence-corrected chi connectivity index (χ4v) is 5.15. The van der Waals surface area contributed by atoms with Crippen LogP contribution in [0.3, 0.4) is 0 Å². The topological polar surface area (TPSA) is 58.1 Å². The fraction of sp³-hybridized carbons (Fsp3) is 0.200. The number of aromatic amines is 1. The first-order valence-corrected chi connectivity index (χ1v) is 10.4. The van der Waals surface area contributed by atoms with Crippen LogP contribution in [0.5, 0.6) is 0 Å². The number of hydrogen-bond donors (Lipinski definition) is 1. The Morgan fingerprint density at radius 2 is 1.77 bits per heavy atom. The highest BCUT2D eigenvalue weighted by Gasteiger charge is 2.30. The zero-order chi connectivity index (χ0) is 20.2. The maximum absolute atomic E-state index is 12.7. The number of H-pyrrole nitrogens is 1. The van der Waals surface area contributed by atoms with Crippen molar-refractivity contribution in [2.24, 2.45) is 0 Å². The molecule has 0 bridgehead atoms. The van der Waals surface area contributed by atoms with Crippen LogP contribution in [-0.2, 0) is 6.42 Å². The highest BCUT2D eigenvalue weighted by molar-refractivity contribution is 5.91. The Bertz CT molecular complexity index is 1460. The lowest BCUT2D eigenvalue weighted by atomic mass is 10.0. The summed E-state index contributed by atoms with van der Waals surface area (Å²) in [5.74, 6) is 0. The second-order valence-electron chi connectivity index (χ2n) is 8.13. The van der Waals surface area contributed by atoms with Gasteiger partial charge in [0.1, 0.15) is 0 Å². The van der Waals surface area contributed by atoms with Crippen molar-refractivity contribution >= 4 is 27.5 Å². The van der Waals surface area contributed by atoms with Crippen molar-refractivity contribution in [1.82, 2.24) is 14.5 Å². The number of para-hydroxylation sites is 2. The van der Waals surface area contributed by atoms with Crippen molar-refractivity contribution in [3.05, 3.63) is 98.6 Å². The minimum atomic E-state index is -0.574. The van der Waals surface area contributed by atoms with E-state index in [1.165, 1.54) is 21.9 Å². The predicted octanol–water partition coefficient (Wildman–Crippen LogP) is 3.69. The number of aromatic nitrogens is 2. The second-order valence-corrected chi connectivity index (χ2v) is 8.13. The van der Waals surface area contributed by atoms with Crippen molar-refractivity contribution in [2.45, 2.75) is 18.9 Å². The predicted molar refractivity (Wildman–Crippen MR) is 120 cm³/mol. The molecule has 0 spiro atoms. The van der Waals surface area contributed by atoms with Crippen LogP contribution in [0.2, 0.25) is 0 Å². The van der Waals surface area contributed by atoms with Crippen LogP contribution in [0.25, 0.3) is 27.5 Å². The molecule has 6 rings (SSSR count). The summed E-state index contributed by atoms with van der Waals surface area (Å²) in [6, 6.07) is 21.0. The Balaban J connectivity index is 1.37. The Morgan fingerprint density at radius 3 is 2.60 bits per heavy atom. The molecule has 4 aromatic rings. The van der Waals surface area contributed by atoms with Crippen molar-refractivity contribution in [3.8, 4) is 0 Å². The quantitative estimate of drug-likeness (QED) is 0.527. The normalized spacial score (nSPS) is 18.8. The van der Waals surface area contributed by atoms with E-state index >= 15 is 0 Å². The van der Waals surface area contributed by atoms with Crippen LogP contribution in [0.4, 0.5) is 0 Å². The third-order valence-electron chi connectivity index (χ3n) is 6.53. The van der Waals surface area contributed by atoms with Gasteiger partial charge in [0.15, 0.2) is 0 Å². The summed E-state index contributed by atoms with van der Waals surface area (Å²) in [7, 11) is 0. The molecule has 0 fully saturated rings. The molecule has 2 aliphatic rings. The summed E-state index contributed by atoms with van der Waals surface area (Å²) in [6.45, 7) is 1.62. The van der Waals surface area contributed by atoms with E-state index in [4.69, 9.17) is 0 Å². The number of nitrogens with one attached hydrogen (secondary N) is 1. The lowest BCUT2D eigenvalue weighted by Gasteiger charge is -2.32. The molecule has 5 nitrogen and oxygen atoms in total. The molecule has 1 unspecified atom stereocenters. The second kappa shape index (κ2) is 6.54. The van der Waals surface area contributed by atoms with Gasteiger partial charge in [-0.05, 0) is 40.5 Å². The van der Waals surface area contributed by atoms with Crippen LogP contribution < -0.4 is 11.1 Å². The zero-order valence-corrected chi connectivity index (χ0v) is 16.5.